The van der Waals surface area contributed by atoms with E-state index >= 15 is 0 Å². The van der Waals surface area contributed by atoms with Crippen molar-refractivity contribution in [1.82, 2.24) is 14.7 Å². The van der Waals surface area contributed by atoms with Crippen LogP contribution in [-0.4, -0.2) is 88.7 Å². The number of fused-ring (bicyclic) bond motifs is 2. The summed E-state index contributed by atoms with van der Waals surface area (Å²) in [7, 11) is 0. The number of rotatable bonds is 12. The summed E-state index contributed by atoms with van der Waals surface area (Å²) in [6.07, 6.45) is 7.58. The normalized spacial score (nSPS) is 18.1. The highest BCUT2D eigenvalue weighted by molar-refractivity contribution is 8.12. The van der Waals surface area contributed by atoms with Gasteiger partial charge in [-0.15, -0.1) is 0 Å². The van der Waals surface area contributed by atoms with Gasteiger partial charge in [0.2, 0.25) is 12.7 Å². The fourth-order valence-electron chi connectivity index (χ4n) is 6.02. The number of unbranched alkanes of at least 4 members (excludes halogenated alkanes) is 2. The molecule has 2 atom stereocenters. The molecular formula is C35H51N3O6S. The molecule has 3 aliphatic heterocycles. The van der Waals surface area contributed by atoms with Crippen LogP contribution in [0.25, 0.3) is 0 Å². The lowest BCUT2D eigenvalue weighted by molar-refractivity contribution is -0.132. The third kappa shape index (κ3) is 10.1. The number of thioether (sulfide) groups is 1. The van der Waals surface area contributed by atoms with Crippen LogP contribution in [0.2, 0.25) is 0 Å². The molecule has 0 aromatic heterocycles. The van der Waals surface area contributed by atoms with Gasteiger partial charge in [-0.1, -0.05) is 64.8 Å². The second kappa shape index (κ2) is 18.7. The third-order valence-electron chi connectivity index (χ3n) is 8.45. The first kappa shape index (κ1) is 36.2. The van der Waals surface area contributed by atoms with E-state index in [1.807, 2.05) is 49.1 Å². The number of hydrogen-bond acceptors (Lipinski definition) is 7. The quantitative estimate of drug-likeness (QED) is 0.262. The zero-order valence-electron chi connectivity index (χ0n) is 27.6. The standard InChI is InChI=1S/C31H41N3O4.C2H4O2S.C2H6/c1-3-5-14-32(15-6-4-2)30(35)21-34-20-25(23-11-12-28-29(18-23)38-22-37-28)17-26(34)13-16-33-19-24-9-7-8-10-27(24)31(33)36;1-5-2(3)4;1-2/h7-12,18,25-26H,3-6,13-17,19-22H2,1-2H3;1H3,(H,3,4);1-2H3/t25?,26-;;/m0../s1. The molecule has 2 aromatic carbocycles. The maximum atomic E-state index is 13.5. The first-order valence-electron chi connectivity index (χ1n) is 16.4. The Hall–Kier alpha value is -3.24. The molecule has 5 rings (SSSR count). The van der Waals surface area contributed by atoms with Gasteiger partial charge in [0, 0.05) is 44.3 Å². The molecule has 9 nitrogen and oxygen atoms in total. The van der Waals surface area contributed by atoms with Gasteiger partial charge in [-0.05, 0) is 78.9 Å². The van der Waals surface area contributed by atoms with Gasteiger partial charge in [-0.3, -0.25) is 14.5 Å². The minimum Gasteiger partial charge on any atom is -0.473 e. The van der Waals surface area contributed by atoms with Gasteiger partial charge in [-0.2, -0.15) is 0 Å². The Kier molecular flexibility index (Phi) is 15.0. The van der Waals surface area contributed by atoms with Crippen molar-refractivity contribution in [2.45, 2.75) is 84.7 Å². The molecule has 3 heterocycles. The summed E-state index contributed by atoms with van der Waals surface area (Å²) in [5.41, 5.74) is 3.16. The van der Waals surface area contributed by atoms with E-state index in [0.717, 1.165) is 92.5 Å². The lowest BCUT2D eigenvalue weighted by Gasteiger charge is -2.29. The number of likely N-dealkylation sites (tertiary alicyclic amines) is 1. The average molecular weight is 642 g/mol. The maximum absolute atomic E-state index is 13.5. The summed E-state index contributed by atoms with van der Waals surface area (Å²) in [4.78, 5) is 42.2. The minimum absolute atomic E-state index is 0.124. The Morgan fingerprint density at radius 2 is 1.69 bits per heavy atom. The number of ether oxygens (including phenoxy) is 2. The van der Waals surface area contributed by atoms with E-state index in [-0.39, 0.29) is 24.6 Å². The Morgan fingerprint density at radius 1 is 1.02 bits per heavy atom. The molecule has 0 spiro atoms. The zero-order valence-corrected chi connectivity index (χ0v) is 28.4. The number of carbonyl (C=O) groups excluding carboxylic acids is 2. The number of nitrogens with zero attached hydrogens (tertiary/aromatic N) is 3. The number of amides is 2. The van der Waals surface area contributed by atoms with E-state index in [0.29, 0.717) is 25.6 Å². The monoisotopic (exact) mass is 641 g/mol. The van der Waals surface area contributed by atoms with Gasteiger partial charge in [0.15, 0.2) is 11.5 Å². The topological polar surface area (TPSA) is 99.6 Å². The summed E-state index contributed by atoms with van der Waals surface area (Å²) >= 11 is 0.796. The highest BCUT2D eigenvalue weighted by Gasteiger charge is 2.36. The summed E-state index contributed by atoms with van der Waals surface area (Å²) in [6, 6.07) is 14.4. The molecule has 0 aliphatic carbocycles. The Bertz CT molecular complexity index is 1250. The first-order chi connectivity index (χ1) is 21.8. The van der Waals surface area contributed by atoms with Crippen LogP contribution in [0.3, 0.4) is 0 Å². The van der Waals surface area contributed by atoms with Crippen LogP contribution in [0.1, 0.15) is 93.6 Å². The van der Waals surface area contributed by atoms with Crippen LogP contribution in [0.4, 0.5) is 4.79 Å². The summed E-state index contributed by atoms with van der Waals surface area (Å²) in [6.45, 7) is 12.9. The van der Waals surface area contributed by atoms with Gasteiger partial charge in [0.1, 0.15) is 0 Å². The van der Waals surface area contributed by atoms with Crippen molar-refractivity contribution in [3.05, 3.63) is 59.2 Å². The van der Waals surface area contributed by atoms with Gasteiger partial charge in [-0.25, -0.2) is 4.79 Å². The molecule has 2 aromatic rings. The van der Waals surface area contributed by atoms with Crippen molar-refractivity contribution >= 4 is 28.9 Å². The molecule has 1 N–H and O–H groups in total. The van der Waals surface area contributed by atoms with E-state index in [1.165, 1.54) is 11.8 Å². The average Bonchev–Trinajstić information content (AvgIpc) is 3.78. The molecule has 45 heavy (non-hydrogen) atoms. The van der Waals surface area contributed by atoms with Crippen LogP contribution in [0.5, 0.6) is 11.5 Å². The van der Waals surface area contributed by atoms with Crippen molar-refractivity contribution in [2.24, 2.45) is 0 Å². The van der Waals surface area contributed by atoms with Crippen molar-refractivity contribution < 1.29 is 29.0 Å². The molecule has 10 heteroatoms. The smallest absolute Gasteiger partial charge is 0.364 e. The largest absolute Gasteiger partial charge is 0.473 e. The Morgan fingerprint density at radius 3 is 2.33 bits per heavy atom. The molecule has 1 saturated heterocycles. The maximum Gasteiger partial charge on any atom is 0.364 e. The summed E-state index contributed by atoms with van der Waals surface area (Å²) < 4.78 is 11.2. The molecule has 0 bridgehead atoms. The van der Waals surface area contributed by atoms with E-state index in [9.17, 15) is 14.4 Å². The Balaban J connectivity index is 0.000000719. The SMILES string of the molecule is CC.CCCCN(CCCC)C(=O)CN1CC(c2ccc3c(c2)OCO3)C[C@@H]1CCN1Cc2ccccc2C1=O.CSC(=O)O. The number of benzene rings is 2. The van der Waals surface area contributed by atoms with Gasteiger partial charge >= 0.3 is 5.30 Å². The fourth-order valence-corrected chi connectivity index (χ4v) is 6.02. The number of carbonyl (C=O) groups is 3. The highest BCUT2D eigenvalue weighted by atomic mass is 32.2. The molecule has 0 radical (unpaired) electrons. The van der Waals surface area contributed by atoms with Crippen LogP contribution in [-0.2, 0) is 11.3 Å². The molecule has 1 unspecified atom stereocenters. The van der Waals surface area contributed by atoms with Crippen molar-refractivity contribution in [3.63, 3.8) is 0 Å². The predicted molar refractivity (Wildman–Crippen MR) is 180 cm³/mol. The van der Waals surface area contributed by atoms with Gasteiger partial charge < -0.3 is 24.4 Å². The lowest BCUT2D eigenvalue weighted by atomic mass is 9.95. The molecule has 248 valence electrons. The first-order valence-corrected chi connectivity index (χ1v) is 17.6. The second-order valence-corrected chi connectivity index (χ2v) is 12.1. The van der Waals surface area contributed by atoms with Crippen molar-refractivity contribution in [3.8, 4) is 11.5 Å². The van der Waals surface area contributed by atoms with Gasteiger partial charge in [0.25, 0.3) is 5.91 Å². The number of carboxylic acid groups (broad SMARTS) is 1. The zero-order chi connectivity index (χ0) is 32.8. The van der Waals surface area contributed by atoms with Crippen LogP contribution < -0.4 is 9.47 Å². The molecule has 2 amide bonds. The molecule has 1 fully saturated rings. The predicted octanol–water partition coefficient (Wildman–Crippen LogP) is 7.10. The van der Waals surface area contributed by atoms with Crippen LogP contribution in [0, 0.1) is 0 Å². The highest BCUT2D eigenvalue weighted by Crippen LogP contribution is 2.39. The second-order valence-electron chi connectivity index (χ2n) is 11.4. The van der Waals surface area contributed by atoms with Crippen LogP contribution >= 0.6 is 11.8 Å². The van der Waals surface area contributed by atoms with E-state index in [1.54, 1.807) is 0 Å². The van der Waals surface area contributed by atoms with Crippen LogP contribution in [0.15, 0.2) is 42.5 Å². The summed E-state index contributed by atoms with van der Waals surface area (Å²) in [5.74, 6) is 2.27. The number of hydrogen-bond donors (Lipinski definition) is 1. The molecule has 3 aliphatic rings. The summed E-state index contributed by atoms with van der Waals surface area (Å²) in [5, 5.41) is 6.86. The van der Waals surface area contributed by atoms with E-state index in [2.05, 4.69) is 35.8 Å². The van der Waals surface area contributed by atoms with E-state index in [4.69, 9.17) is 14.6 Å². The van der Waals surface area contributed by atoms with Gasteiger partial charge in [0.05, 0.1) is 6.54 Å². The van der Waals surface area contributed by atoms with Crippen molar-refractivity contribution in [2.75, 3.05) is 45.8 Å². The minimum atomic E-state index is -0.829. The fraction of sp³-hybridized carbons (Fsp3) is 0.571. The molecular weight excluding hydrogens is 590 g/mol. The lowest BCUT2D eigenvalue weighted by Crippen LogP contribution is -2.44. The van der Waals surface area contributed by atoms with E-state index < -0.39 is 5.30 Å². The molecule has 0 saturated carbocycles. The van der Waals surface area contributed by atoms with Crippen molar-refractivity contribution in [1.29, 1.82) is 0 Å². The third-order valence-corrected chi connectivity index (χ3v) is 8.80. The Labute approximate surface area is 273 Å².